The standard InChI is InChI=1S/C5H17NO12P4/c1-4-6-19(7,8)16-21(11,12)18-22(13,14)17-20(9,10)15-5(2)3/h5H,4H2,1-3H3,(H,9,10)(H,11,12)(H,13,14)(H2,6,7,8). The summed E-state index contributed by atoms with van der Waals surface area (Å²) in [7, 11) is -21.1. The maximum atomic E-state index is 11.4. The average molecular weight is 407 g/mol. The Morgan fingerprint density at radius 3 is 1.68 bits per heavy atom. The zero-order valence-corrected chi connectivity index (χ0v) is 15.2. The Bertz CT molecular complexity index is 560. The predicted octanol–water partition coefficient (Wildman–Crippen LogP) is 1.47. The molecule has 0 aromatic heterocycles. The van der Waals surface area contributed by atoms with Gasteiger partial charge in [-0.3, -0.25) is 4.52 Å². The largest absolute Gasteiger partial charge is 0.490 e. The molecule has 0 radical (unpaired) electrons. The van der Waals surface area contributed by atoms with Crippen LogP contribution in [-0.4, -0.2) is 32.2 Å². The first-order chi connectivity index (χ1) is 9.60. The molecule has 0 spiro atoms. The van der Waals surface area contributed by atoms with E-state index >= 15 is 0 Å². The Morgan fingerprint density at radius 1 is 0.864 bits per heavy atom. The highest BCUT2D eigenvalue weighted by atomic mass is 31.3. The molecule has 4 atom stereocenters. The van der Waals surface area contributed by atoms with Crippen LogP contribution >= 0.6 is 31.2 Å². The van der Waals surface area contributed by atoms with Gasteiger partial charge in [-0.05, 0) is 13.8 Å². The van der Waals surface area contributed by atoms with E-state index in [9.17, 15) is 18.3 Å². The summed E-state index contributed by atoms with van der Waals surface area (Å²) in [5.74, 6) is 0. The van der Waals surface area contributed by atoms with Crippen LogP contribution in [0.15, 0.2) is 0 Å². The zero-order chi connectivity index (χ0) is 17.8. The molecule has 0 fully saturated rings. The second kappa shape index (κ2) is 8.09. The van der Waals surface area contributed by atoms with Gasteiger partial charge in [-0.2, -0.15) is 12.9 Å². The summed E-state index contributed by atoms with van der Waals surface area (Å²) in [5.41, 5.74) is 0. The van der Waals surface area contributed by atoms with Crippen molar-refractivity contribution < 1.29 is 55.3 Å². The number of nitrogens with one attached hydrogen (secondary N) is 1. The molecule has 0 aromatic rings. The predicted molar refractivity (Wildman–Crippen MR) is 72.5 cm³/mol. The van der Waals surface area contributed by atoms with Crippen LogP contribution in [0.25, 0.3) is 0 Å². The van der Waals surface area contributed by atoms with Gasteiger partial charge >= 0.3 is 31.2 Å². The van der Waals surface area contributed by atoms with Gasteiger partial charge in [0.2, 0.25) is 0 Å². The van der Waals surface area contributed by atoms with E-state index in [0.29, 0.717) is 0 Å². The van der Waals surface area contributed by atoms with Crippen molar-refractivity contribution in [3.8, 4) is 0 Å². The molecular formula is C5H17NO12P4. The van der Waals surface area contributed by atoms with E-state index in [1.807, 2.05) is 0 Å². The van der Waals surface area contributed by atoms with E-state index in [0.717, 1.165) is 0 Å². The van der Waals surface area contributed by atoms with Gasteiger partial charge < -0.3 is 19.6 Å². The van der Waals surface area contributed by atoms with Crippen LogP contribution < -0.4 is 5.09 Å². The van der Waals surface area contributed by atoms with Crippen molar-refractivity contribution in [2.24, 2.45) is 0 Å². The Balaban J connectivity index is 4.97. The summed E-state index contributed by atoms with van der Waals surface area (Å²) in [6.45, 7) is 3.82. The van der Waals surface area contributed by atoms with E-state index in [1.54, 1.807) is 5.09 Å². The second-order valence-corrected chi connectivity index (χ2v) is 10.2. The summed E-state index contributed by atoms with van der Waals surface area (Å²) >= 11 is 0. The first-order valence-electron chi connectivity index (χ1n) is 5.48. The van der Waals surface area contributed by atoms with E-state index in [-0.39, 0.29) is 6.54 Å². The van der Waals surface area contributed by atoms with Gasteiger partial charge in [0.1, 0.15) is 0 Å². The molecule has 4 unspecified atom stereocenters. The fraction of sp³-hybridized carbons (Fsp3) is 1.00. The number of hydrogen-bond acceptors (Lipinski definition) is 8. The minimum atomic E-state index is -5.63. The first-order valence-corrected chi connectivity index (χ1v) is 11.5. The monoisotopic (exact) mass is 407 g/mol. The third kappa shape index (κ3) is 10.4. The van der Waals surface area contributed by atoms with E-state index in [4.69, 9.17) is 19.6 Å². The lowest BCUT2D eigenvalue weighted by Gasteiger charge is -2.20. The van der Waals surface area contributed by atoms with Crippen molar-refractivity contribution >= 4 is 31.2 Å². The summed E-state index contributed by atoms with van der Waals surface area (Å²) in [6, 6.07) is 0. The molecule has 0 amide bonds. The second-order valence-electron chi connectivity index (χ2n) is 3.84. The smallest absolute Gasteiger partial charge is 0.312 e. The lowest BCUT2D eigenvalue weighted by molar-refractivity contribution is 0.144. The van der Waals surface area contributed by atoms with E-state index in [2.05, 4.69) is 17.5 Å². The highest BCUT2D eigenvalue weighted by Crippen LogP contribution is 2.70. The Kier molecular flexibility index (Phi) is 8.30. The van der Waals surface area contributed by atoms with Crippen LogP contribution in [0.2, 0.25) is 0 Å². The minimum Gasteiger partial charge on any atom is -0.312 e. The minimum absolute atomic E-state index is 0.144. The van der Waals surface area contributed by atoms with Gasteiger partial charge in [0.25, 0.3) is 0 Å². The van der Waals surface area contributed by atoms with Crippen molar-refractivity contribution in [3.05, 3.63) is 0 Å². The number of hydrogen-bond donors (Lipinski definition) is 5. The van der Waals surface area contributed by atoms with Crippen molar-refractivity contribution in [3.63, 3.8) is 0 Å². The van der Waals surface area contributed by atoms with Crippen LogP contribution in [0.1, 0.15) is 20.8 Å². The van der Waals surface area contributed by atoms with Gasteiger partial charge in [0.05, 0.1) is 6.10 Å². The number of phosphoric acid groups is 3. The molecule has 0 aliphatic rings. The van der Waals surface area contributed by atoms with Crippen LogP contribution in [0.4, 0.5) is 0 Å². The normalized spacial score (nSPS) is 23.3. The van der Waals surface area contributed by atoms with Crippen LogP contribution in [0.5, 0.6) is 0 Å². The molecule has 0 aromatic carbocycles. The zero-order valence-electron chi connectivity index (χ0n) is 11.6. The summed E-state index contributed by atoms with van der Waals surface area (Å²) in [4.78, 5) is 36.4. The Hall–Kier alpha value is 0.560. The summed E-state index contributed by atoms with van der Waals surface area (Å²) in [5, 5.41) is 1.77. The molecule has 22 heavy (non-hydrogen) atoms. The fourth-order valence-electron chi connectivity index (χ4n) is 0.945. The third-order valence-corrected chi connectivity index (χ3v) is 7.75. The van der Waals surface area contributed by atoms with Crippen LogP contribution in [-0.2, 0) is 35.7 Å². The van der Waals surface area contributed by atoms with Gasteiger partial charge in [0.15, 0.2) is 0 Å². The quantitative estimate of drug-likeness (QED) is 0.327. The van der Waals surface area contributed by atoms with E-state index in [1.165, 1.54) is 20.8 Å². The lowest BCUT2D eigenvalue weighted by Crippen LogP contribution is -2.10. The lowest BCUT2D eigenvalue weighted by atomic mass is 10.5. The fourth-order valence-corrected chi connectivity index (χ4v) is 6.24. The highest BCUT2D eigenvalue weighted by molar-refractivity contribution is 7.70. The van der Waals surface area contributed by atoms with E-state index < -0.39 is 37.3 Å². The van der Waals surface area contributed by atoms with Crippen molar-refractivity contribution in [2.45, 2.75) is 26.9 Å². The molecule has 0 aliphatic heterocycles. The molecular weight excluding hydrogens is 390 g/mol. The summed E-state index contributed by atoms with van der Waals surface area (Å²) in [6.07, 6.45) is -0.889. The molecule has 0 rings (SSSR count). The maximum absolute atomic E-state index is 11.4. The molecule has 0 saturated carbocycles. The van der Waals surface area contributed by atoms with Gasteiger partial charge in [0, 0.05) is 6.54 Å². The van der Waals surface area contributed by atoms with Crippen molar-refractivity contribution in [1.29, 1.82) is 0 Å². The molecule has 0 aliphatic carbocycles. The maximum Gasteiger partial charge on any atom is 0.490 e. The molecule has 13 nitrogen and oxygen atoms in total. The first kappa shape index (κ1) is 22.6. The van der Waals surface area contributed by atoms with Gasteiger partial charge in [-0.25, -0.2) is 23.3 Å². The molecule has 0 heterocycles. The highest BCUT2D eigenvalue weighted by Gasteiger charge is 2.45. The number of rotatable bonds is 10. The van der Waals surface area contributed by atoms with Gasteiger partial charge in [-0.15, -0.1) is 0 Å². The molecule has 0 bridgehead atoms. The molecule has 5 N–H and O–H groups in total. The topological polar surface area (TPSA) is 198 Å². The number of phosphoric ester groups is 1. The van der Waals surface area contributed by atoms with Crippen molar-refractivity contribution in [2.75, 3.05) is 6.54 Å². The molecule has 0 saturated heterocycles. The van der Waals surface area contributed by atoms with Crippen molar-refractivity contribution in [1.82, 2.24) is 5.09 Å². The summed E-state index contributed by atoms with van der Waals surface area (Å²) < 4.78 is 60.6. The molecule has 134 valence electrons. The van der Waals surface area contributed by atoms with Crippen LogP contribution in [0, 0.1) is 0 Å². The Morgan fingerprint density at radius 2 is 1.27 bits per heavy atom. The van der Waals surface area contributed by atoms with Gasteiger partial charge in [-0.1, -0.05) is 6.92 Å². The SMILES string of the molecule is CCNP(=O)(O)OP(=O)(O)OP(=O)(O)OP(=O)(O)OC(C)C. The third-order valence-electron chi connectivity index (χ3n) is 1.33. The average Bonchev–Trinajstić information content (AvgIpc) is 2.06. The molecule has 17 heteroatoms. The van der Waals surface area contributed by atoms with Crippen LogP contribution in [0.3, 0.4) is 0 Å². The Labute approximate surface area is 126 Å².